The van der Waals surface area contributed by atoms with Crippen molar-refractivity contribution in [3.05, 3.63) is 18.2 Å². The maximum Gasteiger partial charge on any atom is 0.227 e. The van der Waals surface area contributed by atoms with E-state index in [0.717, 1.165) is 31.5 Å². The van der Waals surface area contributed by atoms with Gasteiger partial charge in [-0.2, -0.15) is 10.1 Å². The minimum atomic E-state index is 0.553. The van der Waals surface area contributed by atoms with Crippen LogP contribution in [-0.2, 0) is 13.5 Å². The van der Waals surface area contributed by atoms with Crippen molar-refractivity contribution < 1.29 is 4.52 Å². The zero-order valence-corrected chi connectivity index (χ0v) is 10.8. The van der Waals surface area contributed by atoms with Crippen LogP contribution in [0.1, 0.15) is 25.7 Å². The van der Waals surface area contributed by atoms with Crippen molar-refractivity contribution >= 4 is 0 Å². The van der Waals surface area contributed by atoms with Gasteiger partial charge in [-0.1, -0.05) is 12.1 Å². The van der Waals surface area contributed by atoms with Crippen LogP contribution >= 0.6 is 0 Å². The molecule has 0 fully saturated rings. The molecule has 1 atom stereocenters. The molecular weight excluding hydrogens is 230 g/mol. The summed E-state index contributed by atoms with van der Waals surface area (Å²) in [5, 5.41) is 8.17. The summed E-state index contributed by atoms with van der Waals surface area (Å²) in [6.45, 7) is 2.91. The predicted octanol–water partition coefficient (Wildman–Crippen LogP) is 1.39. The third-order valence-corrected chi connectivity index (χ3v) is 2.92. The fraction of sp³-hybridized carbons (Fsp3) is 0.583. The summed E-state index contributed by atoms with van der Waals surface area (Å²) in [4.78, 5) is 4.34. The largest absolute Gasteiger partial charge is 0.339 e. The van der Waals surface area contributed by atoms with Crippen LogP contribution in [0.15, 0.2) is 16.8 Å². The van der Waals surface area contributed by atoms with Gasteiger partial charge < -0.3 is 10.3 Å². The van der Waals surface area contributed by atoms with E-state index in [-0.39, 0.29) is 0 Å². The van der Waals surface area contributed by atoms with Crippen LogP contribution in [0.3, 0.4) is 0 Å². The highest BCUT2D eigenvalue weighted by molar-refractivity contribution is 5.46. The highest BCUT2D eigenvalue weighted by Gasteiger charge is 2.11. The van der Waals surface area contributed by atoms with Gasteiger partial charge in [0.1, 0.15) is 5.69 Å². The van der Waals surface area contributed by atoms with Gasteiger partial charge in [-0.05, 0) is 31.4 Å². The third-order valence-electron chi connectivity index (χ3n) is 2.92. The van der Waals surface area contributed by atoms with E-state index in [1.807, 2.05) is 19.3 Å². The molecule has 0 amide bonds. The summed E-state index contributed by atoms with van der Waals surface area (Å²) in [6.07, 6.45) is 4.69. The molecule has 6 nitrogen and oxygen atoms in total. The fourth-order valence-corrected chi connectivity index (χ4v) is 1.79. The van der Waals surface area contributed by atoms with Crippen LogP contribution in [0, 0.1) is 5.92 Å². The van der Waals surface area contributed by atoms with E-state index in [2.05, 4.69) is 22.2 Å². The number of nitrogens with two attached hydrogens (primary N) is 1. The van der Waals surface area contributed by atoms with Crippen LogP contribution in [0.4, 0.5) is 0 Å². The first-order valence-corrected chi connectivity index (χ1v) is 6.21. The van der Waals surface area contributed by atoms with Crippen molar-refractivity contribution in [3.63, 3.8) is 0 Å². The van der Waals surface area contributed by atoms with Gasteiger partial charge in [-0.25, -0.2) is 0 Å². The standard InChI is InChI=1S/C12H19N5O/c1-9(5-7-13)3-4-11-14-12(16-18-11)10-6-8-17(2)15-10/h6,8-9H,3-5,7,13H2,1-2H3. The van der Waals surface area contributed by atoms with Crippen LogP contribution in [0.2, 0.25) is 0 Å². The molecule has 0 aliphatic carbocycles. The smallest absolute Gasteiger partial charge is 0.227 e. The zero-order valence-electron chi connectivity index (χ0n) is 10.8. The van der Waals surface area contributed by atoms with Crippen LogP contribution in [-0.4, -0.2) is 26.5 Å². The SMILES string of the molecule is CC(CCN)CCc1nc(-c2ccn(C)n2)no1. The Kier molecular flexibility index (Phi) is 4.09. The molecule has 0 aliphatic rings. The van der Waals surface area contributed by atoms with E-state index in [4.69, 9.17) is 10.3 Å². The molecule has 2 heterocycles. The summed E-state index contributed by atoms with van der Waals surface area (Å²) in [5.41, 5.74) is 6.26. The Hall–Kier alpha value is -1.69. The summed E-state index contributed by atoms with van der Waals surface area (Å²) in [5.74, 6) is 1.80. The van der Waals surface area contributed by atoms with Crippen molar-refractivity contribution in [2.75, 3.05) is 6.54 Å². The highest BCUT2D eigenvalue weighted by atomic mass is 16.5. The van der Waals surface area contributed by atoms with E-state index in [9.17, 15) is 0 Å². The third kappa shape index (κ3) is 3.16. The maximum absolute atomic E-state index is 5.52. The number of hydrogen-bond donors (Lipinski definition) is 1. The first-order chi connectivity index (χ1) is 8.69. The second-order valence-corrected chi connectivity index (χ2v) is 4.61. The normalized spacial score (nSPS) is 12.8. The van der Waals surface area contributed by atoms with E-state index in [1.54, 1.807) is 4.68 Å². The van der Waals surface area contributed by atoms with Gasteiger partial charge in [0.25, 0.3) is 0 Å². The lowest BCUT2D eigenvalue weighted by Crippen LogP contribution is -2.06. The Bertz CT molecular complexity index is 490. The van der Waals surface area contributed by atoms with Gasteiger partial charge >= 0.3 is 0 Å². The zero-order chi connectivity index (χ0) is 13.0. The number of aryl methyl sites for hydroxylation is 2. The second kappa shape index (κ2) is 5.77. The minimum absolute atomic E-state index is 0.553. The van der Waals surface area contributed by atoms with Crippen molar-refractivity contribution in [2.45, 2.75) is 26.2 Å². The van der Waals surface area contributed by atoms with Gasteiger partial charge in [0.15, 0.2) is 0 Å². The molecule has 98 valence electrons. The summed E-state index contributed by atoms with van der Waals surface area (Å²) >= 11 is 0. The van der Waals surface area contributed by atoms with Crippen molar-refractivity contribution in [1.82, 2.24) is 19.9 Å². The fourth-order valence-electron chi connectivity index (χ4n) is 1.79. The molecule has 0 saturated carbocycles. The average molecular weight is 249 g/mol. The number of aromatic nitrogens is 4. The van der Waals surface area contributed by atoms with Crippen LogP contribution in [0.5, 0.6) is 0 Å². The Morgan fingerprint density at radius 1 is 1.44 bits per heavy atom. The van der Waals surface area contributed by atoms with E-state index in [1.165, 1.54) is 0 Å². The lowest BCUT2D eigenvalue weighted by atomic mass is 10.0. The predicted molar refractivity (Wildman–Crippen MR) is 67.7 cm³/mol. The minimum Gasteiger partial charge on any atom is -0.339 e. The molecule has 0 radical (unpaired) electrons. The van der Waals surface area contributed by atoms with Gasteiger partial charge in [0.05, 0.1) is 0 Å². The van der Waals surface area contributed by atoms with Gasteiger partial charge in [-0.3, -0.25) is 4.68 Å². The Morgan fingerprint density at radius 3 is 2.94 bits per heavy atom. The summed E-state index contributed by atoms with van der Waals surface area (Å²) < 4.78 is 6.93. The maximum atomic E-state index is 5.52. The molecule has 0 bridgehead atoms. The molecule has 6 heteroatoms. The molecule has 2 rings (SSSR count). The molecule has 2 aromatic heterocycles. The number of nitrogens with zero attached hydrogens (tertiary/aromatic N) is 4. The summed E-state index contributed by atoms with van der Waals surface area (Å²) in [7, 11) is 1.86. The van der Waals surface area contributed by atoms with Gasteiger partial charge in [-0.15, -0.1) is 0 Å². The van der Waals surface area contributed by atoms with Crippen LogP contribution in [0.25, 0.3) is 11.5 Å². The molecule has 0 spiro atoms. The lowest BCUT2D eigenvalue weighted by Gasteiger charge is -2.06. The van der Waals surface area contributed by atoms with Crippen molar-refractivity contribution in [3.8, 4) is 11.5 Å². The second-order valence-electron chi connectivity index (χ2n) is 4.61. The first kappa shape index (κ1) is 12.8. The van der Waals surface area contributed by atoms with Gasteiger partial charge in [0, 0.05) is 19.7 Å². The molecule has 0 saturated heterocycles. The molecule has 2 N–H and O–H groups in total. The van der Waals surface area contributed by atoms with Gasteiger partial charge in [0.2, 0.25) is 11.7 Å². The monoisotopic (exact) mass is 249 g/mol. The lowest BCUT2D eigenvalue weighted by molar-refractivity contribution is 0.362. The topological polar surface area (TPSA) is 82.8 Å². The number of rotatable bonds is 6. The Morgan fingerprint density at radius 2 is 2.28 bits per heavy atom. The van der Waals surface area contributed by atoms with Crippen molar-refractivity contribution in [2.24, 2.45) is 18.7 Å². The van der Waals surface area contributed by atoms with Crippen LogP contribution < -0.4 is 5.73 Å². The molecule has 0 aromatic carbocycles. The highest BCUT2D eigenvalue weighted by Crippen LogP contribution is 2.15. The Balaban J connectivity index is 1.94. The molecule has 0 aliphatic heterocycles. The molecule has 18 heavy (non-hydrogen) atoms. The molecular formula is C12H19N5O. The average Bonchev–Trinajstić information content (AvgIpc) is 2.95. The molecule has 2 aromatic rings. The van der Waals surface area contributed by atoms with E-state index >= 15 is 0 Å². The van der Waals surface area contributed by atoms with E-state index < -0.39 is 0 Å². The van der Waals surface area contributed by atoms with E-state index in [0.29, 0.717) is 17.6 Å². The molecule has 1 unspecified atom stereocenters. The first-order valence-electron chi connectivity index (χ1n) is 6.21. The Labute approximate surface area is 106 Å². The quantitative estimate of drug-likeness (QED) is 0.836. The number of hydrogen-bond acceptors (Lipinski definition) is 5. The summed E-state index contributed by atoms with van der Waals surface area (Å²) in [6, 6.07) is 1.87. The van der Waals surface area contributed by atoms with Crippen molar-refractivity contribution in [1.29, 1.82) is 0 Å².